The maximum absolute atomic E-state index is 13.7. The van der Waals surface area contributed by atoms with Gasteiger partial charge in [0.25, 0.3) is 0 Å². The first-order valence-electron chi connectivity index (χ1n) is 9.94. The van der Waals surface area contributed by atoms with Gasteiger partial charge in [-0.3, -0.25) is 4.90 Å². The molecule has 29 heavy (non-hydrogen) atoms. The number of halogens is 4. The minimum atomic E-state index is -4.77. The summed E-state index contributed by atoms with van der Waals surface area (Å²) < 4.78 is 59.2. The smallest absolute Gasteiger partial charge is 0.419 e. The highest BCUT2D eigenvalue weighted by Gasteiger charge is 2.38. The fourth-order valence-electron chi connectivity index (χ4n) is 4.50. The minimum Gasteiger partial charge on any atom is -0.484 e. The molecule has 0 spiro atoms. The quantitative estimate of drug-likeness (QED) is 0.748. The van der Waals surface area contributed by atoms with Crippen molar-refractivity contribution in [1.82, 2.24) is 4.90 Å². The first-order valence-corrected chi connectivity index (χ1v) is 9.94. The van der Waals surface area contributed by atoms with Crippen molar-refractivity contribution in [2.45, 2.75) is 50.0 Å². The zero-order chi connectivity index (χ0) is 20.6. The lowest BCUT2D eigenvalue weighted by Crippen LogP contribution is -2.51. The van der Waals surface area contributed by atoms with Crippen LogP contribution in [0.2, 0.25) is 0 Å². The number of aryl methyl sites for hydroxylation is 1. The van der Waals surface area contributed by atoms with Crippen LogP contribution in [0.4, 0.5) is 17.6 Å². The zero-order valence-corrected chi connectivity index (χ0v) is 16.0. The number of fused-ring (bicyclic) bond motifs is 1. The lowest BCUT2D eigenvalue weighted by molar-refractivity contribution is -0.140. The second-order valence-corrected chi connectivity index (χ2v) is 7.88. The summed E-state index contributed by atoms with van der Waals surface area (Å²) in [6.45, 7) is 1.63. The van der Waals surface area contributed by atoms with Crippen molar-refractivity contribution in [2.24, 2.45) is 5.73 Å². The summed E-state index contributed by atoms with van der Waals surface area (Å²) in [5.74, 6) is -1.28. The summed E-state index contributed by atoms with van der Waals surface area (Å²) in [4.78, 5) is 2.29. The zero-order valence-electron chi connectivity index (χ0n) is 16.0. The lowest BCUT2D eigenvalue weighted by Gasteiger charge is -2.43. The Kier molecular flexibility index (Phi) is 5.53. The van der Waals surface area contributed by atoms with Crippen LogP contribution in [-0.2, 0) is 12.6 Å². The Balaban J connectivity index is 1.68. The van der Waals surface area contributed by atoms with Gasteiger partial charge in [0.05, 0.1) is 11.6 Å². The highest BCUT2D eigenvalue weighted by atomic mass is 19.4. The first kappa shape index (κ1) is 20.2. The summed E-state index contributed by atoms with van der Waals surface area (Å²) >= 11 is 0. The first-order chi connectivity index (χ1) is 13.8. The van der Waals surface area contributed by atoms with Gasteiger partial charge in [0, 0.05) is 12.6 Å². The van der Waals surface area contributed by atoms with Gasteiger partial charge in [-0.05, 0) is 61.6 Å². The van der Waals surface area contributed by atoms with Gasteiger partial charge in [-0.1, -0.05) is 24.3 Å². The van der Waals surface area contributed by atoms with Crippen LogP contribution in [0.1, 0.15) is 42.1 Å². The maximum atomic E-state index is 13.7. The number of hydrogen-bond acceptors (Lipinski definition) is 3. The number of nitrogens with zero attached hydrogens (tertiary/aromatic N) is 1. The summed E-state index contributed by atoms with van der Waals surface area (Å²) in [5, 5.41) is 0. The third-order valence-corrected chi connectivity index (χ3v) is 5.89. The Labute approximate surface area is 167 Å². The number of piperidine rings is 1. The number of nitrogens with two attached hydrogens (primary N) is 1. The number of likely N-dealkylation sites (tertiary alicyclic amines) is 1. The van der Waals surface area contributed by atoms with E-state index in [1.807, 2.05) is 24.3 Å². The van der Waals surface area contributed by atoms with Crippen LogP contribution in [0.15, 0.2) is 42.5 Å². The fourth-order valence-corrected chi connectivity index (χ4v) is 4.50. The van der Waals surface area contributed by atoms with Crippen molar-refractivity contribution < 1.29 is 22.3 Å². The molecule has 156 valence electrons. The third kappa shape index (κ3) is 4.26. The van der Waals surface area contributed by atoms with Gasteiger partial charge < -0.3 is 10.5 Å². The van der Waals surface area contributed by atoms with E-state index in [9.17, 15) is 17.6 Å². The largest absolute Gasteiger partial charge is 0.484 e. The average molecular weight is 408 g/mol. The monoisotopic (exact) mass is 408 g/mol. The predicted molar refractivity (Wildman–Crippen MR) is 102 cm³/mol. The van der Waals surface area contributed by atoms with E-state index in [2.05, 4.69) is 4.90 Å². The normalized spacial score (nSPS) is 25.5. The molecule has 4 rings (SSSR count). The highest BCUT2D eigenvalue weighted by molar-refractivity contribution is 5.36. The molecule has 2 N–H and O–H groups in total. The molecule has 0 unspecified atom stereocenters. The molecule has 3 nitrogen and oxygen atoms in total. The van der Waals surface area contributed by atoms with E-state index in [-0.39, 0.29) is 17.8 Å². The molecular formula is C22H24F4N2O. The number of rotatable bonds is 3. The van der Waals surface area contributed by atoms with E-state index < -0.39 is 23.7 Å². The van der Waals surface area contributed by atoms with E-state index in [0.717, 1.165) is 62.0 Å². The van der Waals surface area contributed by atoms with E-state index in [1.165, 1.54) is 6.07 Å². The Morgan fingerprint density at radius 1 is 1.07 bits per heavy atom. The van der Waals surface area contributed by atoms with E-state index >= 15 is 0 Å². The van der Waals surface area contributed by atoms with Crippen LogP contribution in [0.3, 0.4) is 0 Å². The molecule has 1 aliphatic heterocycles. The molecule has 0 aromatic heterocycles. The molecule has 2 aliphatic rings. The van der Waals surface area contributed by atoms with Crippen molar-refractivity contribution in [1.29, 1.82) is 0 Å². The lowest BCUT2D eigenvalue weighted by atomic mass is 9.84. The van der Waals surface area contributed by atoms with Crippen LogP contribution in [0, 0.1) is 5.82 Å². The fraction of sp³-hybridized carbons (Fsp3) is 0.455. The summed E-state index contributed by atoms with van der Waals surface area (Å²) in [6.07, 6.45) is -1.53. The third-order valence-electron chi connectivity index (χ3n) is 5.89. The van der Waals surface area contributed by atoms with E-state index in [1.54, 1.807) is 0 Å². The van der Waals surface area contributed by atoms with Gasteiger partial charge in [0.15, 0.2) is 0 Å². The van der Waals surface area contributed by atoms with Crippen LogP contribution < -0.4 is 10.5 Å². The van der Waals surface area contributed by atoms with Gasteiger partial charge in [0.1, 0.15) is 17.7 Å². The molecule has 0 bridgehead atoms. The van der Waals surface area contributed by atoms with Gasteiger partial charge in [-0.25, -0.2) is 4.39 Å². The van der Waals surface area contributed by atoms with Crippen LogP contribution in [0.25, 0.3) is 0 Å². The number of benzene rings is 2. The minimum absolute atomic E-state index is 0.00985. The SMILES string of the molecule is N[C@@H]1CCCN([C@H]2CCc3ccccc3[C@@H]2Oc2ccc(F)c(C(F)(F)F)c2)C1. The predicted octanol–water partition coefficient (Wildman–Crippen LogP) is 4.70. The number of alkyl halides is 3. The van der Waals surface area contributed by atoms with Crippen LogP contribution in [0.5, 0.6) is 5.75 Å². The van der Waals surface area contributed by atoms with Gasteiger partial charge in [-0.15, -0.1) is 0 Å². The van der Waals surface area contributed by atoms with Crippen molar-refractivity contribution in [3.63, 3.8) is 0 Å². The Morgan fingerprint density at radius 2 is 1.86 bits per heavy atom. The number of hydrogen-bond donors (Lipinski definition) is 1. The highest BCUT2D eigenvalue weighted by Crippen LogP contribution is 2.39. The summed E-state index contributed by atoms with van der Waals surface area (Å²) in [5.41, 5.74) is 6.96. The molecule has 2 aromatic rings. The molecule has 1 fully saturated rings. The van der Waals surface area contributed by atoms with E-state index in [0.29, 0.717) is 0 Å². The van der Waals surface area contributed by atoms with Gasteiger partial charge in [0.2, 0.25) is 0 Å². The topological polar surface area (TPSA) is 38.5 Å². The van der Waals surface area contributed by atoms with E-state index in [4.69, 9.17) is 10.5 Å². The summed E-state index contributed by atoms with van der Waals surface area (Å²) in [7, 11) is 0. The Morgan fingerprint density at radius 3 is 2.62 bits per heavy atom. The van der Waals surface area contributed by atoms with Crippen LogP contribution >= 0.6 is 0 Å². The maximum Gasteiger partial charge on any atom is 0.419 e. The molecule has 0 saturated carbocycles. The van der Waals surface area contributed by atoms with Crippen molar-refractivity contribution in [2.75, 3.05) is 13.1 Å². The van der Waals surface area contributed by atoms with Gasteiger partial charge >= 0.3 is 6.18 Å². The van der Waals surface area contributed by atoms with Gasteiger partial charge in [-0.2, -0.15) is 13.2 Å². The molecule has 7 heteroatoms. The molecular weight excluding hydrogens is 384 g/mol. The second kappa shape index (κ2) is 7.95. The Bertz CT molecular complexity index is 870. The molecule has 0 radical (unpaired) electrons. The van der Waals surface area contributed by atoms with Crippen molar-refractivity contribution in [3.8, 4) is 5.75 Å². The Hall–Kier alpha value is -2.12. The standard InChI is InChI=1S/C22H24F4N2O/c23-19-9-8-16(12-18(19)22(24,25)26)29-21-17-6-2-1-4-14(17)7-10-20(21)28-11-3-5-15(27)13-28/h1-2,4,6,8-9,12,15,20-21H,3,5,7,10-11,13,27H2/t15-,20+,21+/m1/s1. The second-order valence-electron chi connectivity index (χ2n) is 7.88. The molecule has 1 saturated heterocycles. The molecule has 3 atom stereocenters. The molecule has 1 aliphatic carbocycles. The van der Waals surface area contributed by atoms with Crippen LogP contribution in [-0.4, -0.2) is 30.1 Å². The van der Waals surface area contributed by atoms with Crippen molar-refractivity contribution in [3.05, 3.63) is 65.0 Å². The van der Waals surface area contributed by atoms with Crippen molar-refractivity contribution >= 4 is 0 Å². The summed E-state index contributed by atoms with van der Waals surface area (Å²) in [6, 6.07) is 10.8. The average Bonchev–Trinajstić information content (AvgIpc) is 2.69. The molecule has 0 amide bonds. The molecule has 1 heterocycles. The molecule has 2 aromatic carbocycles. The number of ether oxygens (including phenoxy) is 1.